The Kier molecular flexibility index (Phi) is 7.01. The van der Waals surface area contributed by atoms with E-state index >= 15 is 0 Å². The number of ether oxygens (including phenoxy) is 1. The van der Waals surface area contributed by atoms with Gasteiger partial charge < -0.3 is 15.6 Å². The molecule has 5 heteroatoms. The van der Waals surface area contributed by atoms with Crippen molar-refractivity contribution >= 4 is 5.97 Å². The number of nitrogens with two attached hydrogens (primary N) is 1. The molecule has 0 fully saturated rings. The minimum atomic E-state index is -0.816. The summed E-state index contributed by atoms with van der Waals surface area (Å²) in [6.45, 7) is 2.90. The molecule has 112 valence electrons. The van der Waals surface area contributed by atoms with Crippen LogP contribution in [0.3, 0.4) is 0 Å². The van der Waals surface area contributed by atoms with Gasteiger partial charge in [-0.3, -0.25) is 4.79 Å². The fourth-order valence-corrected chi connectivity index (χ4v) is 2.13. The van der Waals surface area contributed by atoms with Crippen LogP contribution >= 0.6 is 0 Å². The smallest absolute Gasteiger partial charge is 0.303 e. The van der Waals surface area contributed by atoms with E-state index < -0.39 is 5.97 Å². The first-order chi connectivity index (χ1) is 9.51. The Balaban J connectivity index is 2.28. The summed E-state index contributed by atoms with van der Waals surface area (Å²) in [4.78, 5) is 10.7. The monoisotopic (exact) mass is 283 g/mol. The second-order valence-corrected chi connectivity index (χ2v) is 5.13. The van der Waals surface area contributed by atoms with Gasteiger partial charge in [0.1, 0.15) is 11.6 Å². The number of hydrogen-bond donors (Lipinski definition) is 2. The molecule has 0 unspecified atom stereocenters. The summed E-state index contributed by atoms with van der Waals surface area (Å²) in [7, 11) is 0. The van der Waals surface area contributed by atoms with Crippen molar-refractivity contribution in [3.05, 3.63) is 30.1 Å². The third-order valence-corrected chi connectivity index (χ3v) is 3.21. The molecule has 0 heterocycles. The van der Waals surface area contributed by atoms with Crippen molar-refractivity contribution in [3.8, 4) is 5.75 Å². The van der Waals surface area contributed by atoms with Crippen LogP contribution in [-0.2, 0) is 4.79 Å². The van der Waals surface area contributed by atoms with Gasteiger partial charge in [-0.05, 0) is 43.4 Å². The molecule has 4 nitrogen and oxygen atoms in total. The van der Waals surface area contributed by atoms with Crippen LogP contribution in [0.5, 0.6) is 5.75 Å². The molecule has 0 amide bonds. The van der Waals surface area contributed by atoms with E-state index in [-0.39, 0.29) is 18.2 Å². The van der Waals surface area contributed by atoms with Gasteiger partial charge in [-0.2, -0.15) is 0 Å². The quantitative estimate of drug-likeness (QED) is 0.731. The van der Waals surface area contributed by atoms with E-state index in [0.29, 0.717) is 24.8 Å². The Hall–Kier alpha value is -1.62. The fourth-order valence-electron chi connectivity index (χ4n) is 2.13. The number of carboxylic acid groups (broad SMARTS) is 1. The first kappa shape index (κ1) is 16.4. The minimum absolute atomic E-state index is 0.00308. The lowest BCUT2D eigenvalue weighted by Gasteiger charge is -2.18. The SMILES string of the molecule is C[C@H](CCOc1cccc(F)c1)C[C@H](CN)CC(=O)O. The summed E-state index contributed by atoms with van der Waals surface area (Å²) in [6, 6.07) is 6.03. The molecule has 0 aliphatic carbocycles. The first-order valence-corrected chi connectivity index (χ1v) is 6.81. The van der Waals surface area contributed by atoms with Gasteiger partial charge in [-0.25, -0.2) is 4.39 Å². The van der Waals surface area contributed by atoms with Crippen LogP contribution in [0.25, 0.3) is 0 Å². The summed E-state index contributed by atoms with van der Waals surface area (Å²) in [5.74, 6) is -0.310. The van der Waals surface area contributed by atoms with Gasteiger partial charge in [0.25, 0.3) is 0 Å². The number of carboxylic acids is 1. The Labute approximate surface area is 118 Å². The van der Waals surface area contributed by atoms with Crippen molar-refractivity contribution in [2.45, 2.75) is 26.2 Å². The first-order valence-electron chi connectivity index (χ1n) is 6.81. The molecule has 0 saturated carbocycles. The maximum Gasteiger partial charge on any atom is 0.303 e. The van der Waals surface area contributed by atoms with Gasteiger partial charge in [0.15, 0.2) is 0 Å². The number of halogens is 1. The molecule has 0 radical (unpaired) electrons. The van der Waals surface area contributed by atoms with E-state index in [2.05, 4.69) is 0 Å². The Morgan fingerprint density at radius 3 is 2.85 bits per heavy atom. The number of aliphatic carboxylic acids is 1. The number of carbonyl (C=O) groups is 1. The van der Waals surface area contributed by atoms with Gasteiger partial charge in [0.05, 0.1) is 6.61 Å². The predicted molar refractivity (Wildman–Crippen MR) is 75.1 cm³/mol. The zero-order valence-corrected chi connectivity index (χ0v) is 11.7. The molecule has 1 aromatic carbocycles. The lowest BCUT2D eigenvalue weighted by Crippen LogP contribution is -2.21. The minimum Gasteiger partial charge on any atom is -0.493 e. The topological polar surface area (TPSA) is 72.5 Å². The van der Waals surface area contributed by atoms with Crippen molar-refractivity contribution in [3.63, 3.8) is 0 Å². The van der Waals surface area contributed by atoms with Crippen LogP contribution in [0, 0.1) is 17.7 Å². The van der Waals surface area contributed by atoms with E-state index in [9.17, 15) is 9.18 Å². The number of hydrogen-bond acceptors (Lipinski definition) is 3. The fraction of sp³-hybridized carbons (Fsp3) is 0.533. The van der Waals surface area contributed by atoms with E-state index in [4.69, 9.17) is 15.6 Å². The highest BCUT2D eigenvalue weighted by Crippen LogP contribution is 2.19. The lowest BCUT2D eigenvalue weighted by molar-refractivity contribution is -0.138. The van der Waals surface area contributed by atoms with Crippen molar-refractivity contribution in [2.24, 2.45) is 17.6 Å². The Bertz CT molecular complexity index is 425. The highest BCUT2D eigenvalue weighted by molar-refractivity contribution is 5.67. The summed E-state index contributed by atoms with van der Waals surface area (Å²) in [5.41, 5.74) is 5.57. The summed E-state index contributed by atoms with van der Waals surface area (Å²) >= 11 is 0. The molecule has 2 atom stereocenters. The van der Waals surface area contributed by atoms with E-state index in [0.717, 1.165) is 12.8 Å². The van der Waals surface area contributed by atoms with Crippen LogP contribution < -0.4 is 10.5 Å². The standard InChI is InChI=1S/C15H22FNO3/c1-11(7-12(10-17)8-15(18)19)5-6-20-14-4-2-3-13(16)9-14/h2-4,9,11-12H,5-8,10,17H2,1H3,(H,18,19)/t11-,12+/m1/s1. The van der Waals surface area contributed by atoms with E-state index in [1.807, 2.05) is 6.92 Å². The van der Waals surface area contributed by atoms with Gasteiger partial charge in [0.2, 0.25) is 0 Å². The molecule has 0 spiro atoms. The molecule has 20 heavy (non-hydrogen) atoms. The van der Waals surface area contributed by atoms with Crippen LogP contribution in [0.15, 0.2) is 24.3 Å². The zero-order valence-electron chi connectivity index (χ0n) is 11.7. The number of rotatable bonds is 9. The average Bonchev–Trinajstić information content (AvgIpc) is 2.37. The summed E-state index contributed by atoms with van der Waals surface area (Å²) in [6.07, 6.45) is 1.65. The van der Waals surface area contributed by atoms with Crippen molar-refractivity contribution in [2.75, 3.05) is 13.2 Å². The molecule has 0 aliphatic rings. The summed E-state index contributed by atoms with van der Waals surface area (Å²) in [5, 5.41) is 8.76. The molecule has 1 rings (SSSR count). The molecular weight excluding hydrogens is 261 g/mol. The van der Waals surface area contributed by atoms with Crippen molar-refractivity contribution in [1.82, 2.24) is 0 Å². The van der Waals surface area contributed by atoms with Crippen molar-refractivity contribution in [1.29, 1.82) is 0 Å². The predicted octanol–water partition coefficient (Wildman–Crippen LogP) is 2.67. The third kappa shape index (κ3) is 6.52. The molecule has 1 aromatic rings. The largest absolute Gasteiger partial charge is 0.493 e. The normalized spacial score (nSPS) is 13.8. The van der Waals surface area contributed by atoms with Crippen molar-refractivity contribution < 1.29 is 19.0 Å². The van der Waals surface area contributed by atoms with Gasteiger partial charge in [0, 0.05) is 12.5 Å². The Morgan fingerprint density at radius 1 is 1.50 bits per heavy atom. The molecular formula is C15H22FNO3. The highest BCUT2D eigenvalue weighted by Gasteiger charge is 2.15. The Morgan fingerprint density at radius 2 is 2.25 bits per heavy atom. The van der Waals surface area contributed by atoms with Gasteiger partial charge >= 0.3 is 5.97 Å². The number of benzene rings is 1. The van der Waals surface area contributed by atoms with E-state index in [1.165, 1.54) is 12.1 Å². The second kappa shape index (κ2) is 8.53. The van der Waals surface area contributed by atoms with Crippen LogP contribution in [0.2, 0.25) is 0 Å². The average molecular weight is 283 g/mol. The van der Waals surface area contributed by atoms with Gasteiger partial charge in [-0.15, -0.1) is 0 Å². The summed E-state index contributed by atoms with van der Waals surface area (Å²) < 4.78 is 18.4. The lowest BCUT2D eigenvalue weighted by atomic mass is 9.91. The highest BCUT2D eigenvalue weighted by atomic mass is 19.1. The molecule has 0 bridgehead atoms. The molecule has 0 aromatic heterocycles. The molecule has 0 saturated heterocycles. The third-order valence-electron chi connectivity index (χ3n) is 3.21. The maximum atomic E-state index is 12.9. The zero-order chi connectivity index (χ0) is 15.0. The van der Waals surface area contributed by atoms with Crippen LogP contribution in [0.1, 0.15) is 26.2 Å². The van der Waals surface area contributed by atoms with Gasteiger partial charge in [-0.1, -0.05) is 13.0 Å². The second-order valence-electron chi connectivity index (χ2n) is 5.13. The molecule has 0 aliphatic heterocycles. The molecule has 3 N–H and O–H groups in total. The van der Waals surface area contributed by atoms with Crippen LogP contribution in [-0.4, -0.2) is 24.2 Å². The van der Waals surface area contributed by atoms with E-state index in [1.54, 1.807) is 12.1 Å². The maximum absolute atomic E-state index is 12.9. The van der Waals surface area contributed by atoms with Crippen LogP contribution in [0.4, 0.5) is 4.39 Å².